The molecule has 0 fully saturated rings. The van der Waals surface area contributed by atoms with Gasteiger partial charge in [-0.1, -0.05) is 32.4 Å². The summed E-state index contributed by atoms with van der Waals surface area (Å²) in [5.74, 6) is -0.137. The summed E-state index contributed by atoms with van der Waals surface area (Å²) in [6, 6.07) is 7.78. The number of carbonyl (C=O) groups is 1. The van der Waals surface area contributed by atoms with E-state index in [0.717, 1.165) is 43.6 Å². The number of unbranched alkanes of at least 4 members (excludes halogenated alkanes) is 1. The first-order valence-corrected chi connectivity index (χ1v) is 7.38. The van der Waals surface area contributed by atoms with Crippen LogP contribution in [0.1, 0.15) is 38.7 Å². The van der Waals surface area contributed by atoms with Gasteiger partial charge in [-0.05, 0) is 37.1 Å². The average Bonchev–Trinajstić information content (AvgIpc) is 2.42. The van der Waals surface area contributed by atoms with Crippen molar-refractivity contribution in [3.8, 4) is 0 Å². The Morgan fingerprint density at radius 1 is 1.20 bits per heavy atom. The molecule has 0 aliphatic heterocycles. The van der Waals surface area contributed by atoms with E-state index in [4.69, 9.17) is 10.5 Å². The summed E-state index contributed by atoms with van der Waals surface area (Å²) in [5, 5.41) is 0. The number of hydrogen-bond acceptors (Lipinski definition) is 4. The number of esters is 1. The Hall–Kier alpha value is -1.55. The quantitative estimate of drug-likeness (QED) is 0.429. The Morgan fingerprint density at radius 3 is 2.50 bits per heavy atom. The summed E-state index contributed by atoms with van der Waals surface area (Å²) in [6.07, 6.45) is 2.98. The van der Waals surface area contributed by atoms with Gasteiger partial charge in [0.15, 0.2) is 0 Å². The van der Waals surface area contributed by atoms with Crippen molar-refractivity contribution >= 4 is 11.7 Å². The topological polar surface area (TPSA) is 55.6 Å². The lowest BCUT2D eigenvalue weighted by atomic mass is 10.2. The Kier molecular flexibility index (Phi) is 7.73. The number of nitrogens with zero attached hydrogens (tertiary/aromatic N) is 1. The molecule has 0 aliphatic carbocycles. The van der Waals surface area contributed by atoms with Crippen molar-refractivity contribution in [1.29, 1.82) is 0 Å². The molecule has 4 nitrogen and oxygen atoms in total. The minimum atomic E-state index is -0.137. The van der Waals surface area contributed by atoms with Gasteiger partial charge in [-0.15, -0.1) is 0 Å². The van der Waals surface area contributed by atoms with E-state index in [9.17, 15) is 4.79 Å². The number of carbonyl (C=O) groups excluding carboxylic acids is 1. The van der Waals surface area contributed by atoms with Crippen LogP contribution in [0.15, 0.2) is 24.3 Å². The third-order valence-corrected chi connectivity index (χ3v) is 3.04. The standard InChI is InChI=1S/C16H26N2O2/c1-3-5-11-20-16(19)13-18(10-4-2)12-14-6-8-15(17)9-7-14/h6-9H,3-5,10-13,17H2,1-2H3. The molecular formula is C16H26N2O2. The molecule has 0 saturated heterocycles. The fourth-order valence-electron chi connectivity index (χ4n) is 1.97. The van der Waals surface area contributed by atoms with Crippen molar-refractivity contribution in [2.45, 2.75) is 39.7 Å². The second-order valence-electron chi connectivity index (χ2n) is 5.03. The highest BCUT2D eigenvalue weighted by atomic mass is 16.5. The van der Waals surface area contributed by atoms with Crippen molar-refractivity contribution in [2.24, 2.45) is 0 Å². The monoisotopic (exact) mass is 278 g/mol. The maximum Gasteiger partial charge on any atom is 0.320 e. The molecule has 1 rings (SSSR count). The largest absolute Gasteiger partial charge is 0.465 e. The second-order valence-corrected chi connectivity index (χ2v) is 5.03. The molecule has 0 bridgehead atoms. The van der Waals surface area contributed by atoms with Gasteiger partial charge in [-0.25, -0.2) is 0 Å². The lowest BCUT2D eigenvalue weighted by Crippen LogP contribution is -2.31. The number of rotatable bonds is 9. The Bertz CT molecular complexity index is 390. The maximum atomic E-state index is 11.8. The number of benzene rings is 1. The molecule has 0 aromatic heterocycles. The number of nitrogens with two attached hydrogens (primary N) is 1. The van der Waals surface area contributed by atoms with E-state index < -0.39 is 0 Å². The lowest BCUT2D eigenvalue weighted by Gasteiger charge is -2.20. The van der Waals surface area contributed by atoms with Crippen molar-refractivity contribution in [1.82, 2.24) is 4.90 Å². The highest BCUT2D eigenvalue weighted by Crippen LogP contribution is 2.09. The predicted molar refractivity (Wildman–Crippen MR) is 82.3 cm³/mol. The van der Waals surface area contributed by atoms with Crippen LogP contribution in [0.2, 0.25) is 0 Å². The molecule has 0 unspecified atom stereocenters. The summed E-state index contributed by atoms with van der Waals surface area (Å²) in [5.41, 5.74) is 7.60. The Balaban J connectivity index is 2.46. The third kappa shape index (κ3) is 6.57. The van der Waals surface area contributed by atoms with Gasteiger partial charge in [0.25, 0.3) is 0 Å². The van der Waals surface area contributed by atoms with Crippen LogP contribution in [0.4, 0.5) is 5.69 Å². The van der Waals surface area contributed by atoms with Crippen LogP contribution < -0.4 is 5.73 Å². The first-order valence-electron chi connectivity index (χ1n) is 7.38. The van der Waals surface area contributed by atoms with Crippen molar-refractivity contribution in [2.75, 3.05) is 25.4 Å². The molecule has 0 amide bonds. The van der Waals surface area contributed by atoms with Crippen LogP contribution in [0.3, 0.4) is 0 Å². The van der Waals surface area contributed by atoms with Crippen LogP contribution in [0.25, 0.3) is 0 Å². The van der Waals surface area contributed by atoms with E-state index in [0.29, 0.717) is 13.2 Å². The van der Waals surface area contributed by atoms with E-state index in [1.54, 1.807) is 0 Å². The molecule has 0 radical (unpaired) electrons. The zero-order chi connectivity index (χ0) is 14.8. The van der Waals surface area contributed by atoms with Gasteiger partial charge < -0.3 is 10.5 Å². The SMILES string of the molecule is CCCCOC(=O)CN(CCC)Cc1ccc(N)cc1. The summed E-state index contributed by atoms with van der Waals surface area (Å²) in [4.78, 5) is 13.9. The number of hydrogen-bond donors (Lipinski definition) is 1. The summed E-state index contributed by atoms with van der Waals surface area (Å²) in [7, 11) is 0. The zero-order valence-electron chi connectivity index (χ0n) is 12.6. The number of ether oxygens (including phenoxy) is 1. The van der Waals surface area contributed by atoms with E-state index >= 15 is 0 Å². The van der Waals surface area contributed by atoms with Gasteiger partial charge in [0.05, 0.1) is 13.2 Å². The molecule has 112 valence electrons. The highest BCUT2D eigenvalue weighted by Gasteiger charge is 2.11. The van der Waals surface area contributed by atoms with Crippen LogP contribution in [0, 0.1) is 0 Å². The predicted octanol–water partition coefficient (Wildman–Crippen LogP) is 2.82. The molecular weight excluding hydrogens is 252 g/mol. The molecule has 0 aliphatic rings. The minimum absolute atomic E-state index is 0.137. The van der Waals surface area contributed by atoms with E-state index in [2.05, 4.69) is 18.7 Å². The van der Waals surface area contributed by atoms with E-state index in [1.165, 1.54) is 0 Å². The van der Waals surface area contributed by atoms with Crippen LogP contribution in [-0.4, -0.2) is 30.6 Å². The maximum absolute atomic E-state index is 11.8. The van der Waals surface area contributed by atoms with Crippen LogP contribution in [-0.2, 0) is 16.1 Å². The van der Waals surface area contributed by atoms with Crippen molar-refractivity contribution in [3.05, 3.63) is 29.8 Å². The normalized spacial score (nSPS) is 10.8. The van der Waals surface area contributed by atoms with Crippen LogP contribution in [0.5, 0.6) is 0 Å². The number of nitrogen functional groups attached to an aromatic ring is 1. The van der Waals surface area contributed by atoms with E-state index in [1.807, 2.05) is 24.3 Å². The summed E-state index contributed by atoms with van der Waals surface area (Å²) < 4.78 is 5.22. The summed E-state index contributed by atoms with van der Waals surface area (Å²) >= 11 is 0. The molecule has 2 N–H and O–H groups in total. The lowest BCUT2D eigenvalue weighted by molar-refractivity contribution is -0.145. The smallest absolute Gasteiger partial charge is 0.320 e. The van der Waals surface area contributed by atoms with Gasteiger partial charge >= 0.3 is 5.97 Å². The fraction of sp³-hybridized carbons (Fsp3) is 0.562. The minimum Gasteiger partial charge on any atom is -0.465 e. The highest BCUT2D eigenvalue weighted by molar-refractivity contribution is 5.71. The fourth-order valence-corrected chi connectivity index (χ4v) is 1.97. The van der Waals surface area contributed by atoms with Gasteiger partial charge in [-0.2, -0.15) is 0 Å². The van der Waals surface area contributed by atoms with E-state index in [-0.39, 0.29) is 5.97 Å². The molecule has 0 atom stereocenters. The second kappa shape index (κ2) is 9.37. The molecule has 0 saturated carbocycles. The zero-order valence-corrected chi connectivity index (χ0v) is 12.6. The first kappa shape index (κ1) is 16.5. The molecule has 1 aromatic rings. The van der Waals surface area contributed by atoms with Gasteiger partial charge in [0.2, 0.25) is 0 Å². The van der Waals surface area contributed by atoms with Gasteiger partial charge in [0.1, 0.15) is 0 Å². The molecule has 0 spiro atoms. The van der Waals surface area contributed by atoms with Crippen LogP contribution >= 0.6 is 0 Å². The van der Waals surface area contributed by atoms with Gasteiger partial charge in [0, 0.05) is 12.2 Å². The number of anilines is 1. The molecule has 4 heteroatoms. The average molecular weight is 278 g/mol. The Labute approximate surface area is 121 Å². The first-order chi connectivity index (χ1) is 9.65. The molecule has 20 heavy (non-hydrogen) atoms. The van der Waals surface area contributed by atoms with Crippen molar-refractivity contribution < 1.29 is 9.53 Å². The third-order valence-electron chi connectivity index (χ3n) is 3.04. The summed E-state index contributed by atoms with van der Waals surface area (Å²) in [6.45, 7) is 6.69. The molecule has 0 heterocycles. The van der Waals surface area contributed by atoms with Crippen molar-refractivity contribution in [3.63, 3.8) is 0 Å². The molecule has 1 aromatic carbocycles. The Morgan fingerprint density at radius 2 is 1.90 bits per heavy atom. The van der Waals surface area contributed by atoms with Gasteiger partial charge in [-0.3, -0.25) is 9.69 Å².